The minimum Gasteiger partial charge on any atom is -0.457 e. The van der Waals surface area contributed by atoms with Crippen molar-refractivity contribution in [1.29, 1.82) is 0 Å². The fourth-order valence-corrected chi connectivity index (χ4v) is 2.09. The van der Waals surface area contributed by atoms with Crippen molar-refractivity contribution < 1.29 is 14.5 Å². The van der Waals surface area contributed by atoms with Gasteiger partial charge in [0.1, 0.15) is 6.61 Å². The van der Waals surface area contributed by atoms with Crippen molar-refractivity contribution >= 4 is 27.6 Å². The Bertz CT molecular complexity index is 683. The quantitative estimate of drug-likeness (QED) is 0.474. The number of nitro groups is 1. The summed E-state index contributed by atoms with van der Waals surface area (Å²) in [6, 6.07) is 11.7. The molecular weight excluding hydrogens is 338 g/mol. The molecule has 0 aliphatic rings. The maximum absolute atomic E-state index is 11.9. The van der Waals surface area contributed by atoms with Crippen LogP contribution < -0.4 is 0 Å². The van der Waals surface area contributed by atoms with Crippen molar-refractivity contribution in [1.82, 2.24) is 0 Å². The molecule has 0 aromatic heterocycles. The number of ether oxygens (including phenoxy) is 1. The monoisotopic (exact) mass is 349 g/mol. The fraction of sp³-hybridized carbons (Fsp3) is 0.133. The normalized spacial score (nSPS) is 10.2. The maximum Gasteiger partial charge on any atom is 0.338 e. The van der Waals surface area contributed by atoms with Gasteiger partial charge in [-0.3, -0.25) is 10.1 Å². The fourth-order valence-electron chi connectivity index (χ4n) is 1.70. The predicted molar refractivity (Wildman–Crippen MR) is 81.1 cm³/mol. The molecule has 0 spiro atoms. The smallest absolute Gasteiger partial charge is 0.338 e. The van der Waals surface area contributed by atoms with E-state index in [0.29, 0.717) is 4.47 Å². The second kappa shape index (κ2) is 6.49. The molecule has 2 aromatic rings. The average molecular weight is 350 g/mol. The van der Waals surface area contributed by atoms with Crippen LogP contribution in [0.5, 0.6) is 0 Å². The summed E-state index contributed by atoms with van der Waals surface area (Å²) in [5.41, 5.74) is 1.96. The van der Waals surface area contributed by atoms with Gasteiger partial charge in [0, 0.05) is 6.07 Å². The molecule has 2 aromatic carbocycles. The summed E-state index contributed by atoms with van der Waals surface area (Å²) >= 11 is 3.07. The Hall–Kier alpha value is -2.21. The van der Waals surface area contributed by atoms with E-state index in [2.05, 4.69) is 15.9 Å². The van der Waals surface area contributed by atoms with Crippen LogP contribution in [-0.4, -0.2) is 10.9 Å². The Morgan fingerprint density at radius 1 is 1.24 bits per heavy atom. The zero-order valence-corrected chi connectivity index (χ0v) is 12.8. The second-order valence-electron chi connectivity index (χ2n) is 4.49. The number of hydrogen-bond donors (Lipinski definition) is 0. The van der Waals surface area contributed by atoms with Gasteiger partial charge in [-0.2, -0.15) is 0 Å². The molecule has 0 amide bonds. The third kappa shape index (κ3) is 3.88. The van der Waals surface area contributed by atoms with E-state index in [1.165, 1.54) is 18.2 Å². The Labute approximate surface area is 129 Å². The summed E-state index contributed by atoms with van der Waals surface area (Å²) in [5.74, 6) is -0.592. The minimum absolute atomic E-state index is 0.128. The maximum atomic E-state index is 11.9. The van der Waals surface area contributed by atoms with E-state index < -0.39 is 10.9 Å². The number of benzene rings is 2. The van der Waals surface area contributed by atoms with E-state index in [-0.39, 0.29) is 17.9 Å². The molecule has 0 radical (unpaired) electrons. The number of nitrogens with zero attached hydrogens (tertiary/aromatic N) is 1. The highest BCUT2D eigenvalue weighted by atomic mass is 79.9. The van der Waals surface area contributed by atoms with Gasteiger partial charge in [0.2, 0.25) is 0 Å². The first-order chi connectivity index (χ1) is 9.97. The first-order valence-corrected chi connectivity index (χ1v) is 6.93. The molecule has 0 saturated heterocycles. The van der Waals surface area contributed by atoms with E-state index in [9.17, 15) is 14.9 Å². The van der Waals surface area contributed by atoms with Gasteiger partial charge in [-0.05, 0) is 40.5 Å². The van der Waals surface area contributed by atoms with Gasteiger partial charge in [-0.25, -0.2) is 4.79 Å². The van der Waals surface area contributed by atoms with Crippen LogP contribution in [0.25, 0.3) is 0 Å². The Morgan fingerprint density at radius 3 is 2.52 bits per heavy atom. The van der Waals surface area contributed by atoms with Crippen molar-refractivity contribution in [2.45, 2.75) is 13.5 Å². The molecule has 2 rings (SSSR count). The highest BCUT2D eigenvalue weighted by Gasteiger charge is 2.16. The van der Waals surface area contributed by atoms with Crippen molar-refractivity contribution in [3.63, 3.8) is 0 Å². The number of halogens is 1. The van der Waals surface area contributed by atoms with Gasteiger partial charge in [0.25, 0.3) is 5.69 Å². The zero-order valence-electron chi connectivity index (χ0n) is 11.2. The van der Waals surface area contributed by atoms with Gasteiger partial charge >= 0.3 is 5.97 Å². The third-order valence-electron chi connectivity index (χ3n) is 2.87. The molecule has 0 aliphatic carbocycles. The Balaban J connectivity index is 2.08. The standard InChI is InChI=1S/C15H12BrNO4/c1-10-2-4-11(5-3-10)9-21-15(18)12-6-7-13(16)14(8-12)17(19)20/h2-8H,9H2,1H3. The van der Waals surface area contributed by atoms with E-state index in [4.69, 9.17) is 4.74 Å². The largest absolute Gasteiger partial charge is 0.457 e. The van der Waals surface area contributed by atoms with Crippen molar-refractivity contribution in [2.24, 2.45) is 0 Å². The summed E-state index contributed by atoms with van der Waals surface area (Å²) < 4.78 is 5.47. The number of carbonyl (C=O) groups excluding carboxylic acids is 1. The molecule has 6 heteroatoms. The molecule has 0 N–H and O–H groups in total. The van der Waals surface area contributed by atoms with E-state index >= 15 is 0 Å². The molecule has 0 atom stereocenters. The third-order valence-corrected chi connectivity index (χ3v) is 3.54. The molecule has 0 fully saturated rings. The predicted octanol–water partition coefficient (Wildman–Crippen LogP) is 4.02. The topological polar surface area (TPSA) is 69.4 Å². The van der Waals surface area contributed by atoms with Crippen LogP contribution in [-0.2, 0) is 11.3 Å². The molecule has 21 heavy (non-hydrogen) atoms. The number of aryl methyl sites for hydroxylation is 1. The first-order valence-electron chi connectivity index (χ1n) is 6.14. The SMILES string of the molecule is Cc1ccc(COC(=O)c2ccc(Br)c([N+](=O)[O-])c2)cc1. The number of nitro benzene ring substituents is 1. The van der Waals surface area contributed by atoms with E-state index in [1.54, 1.807) is 0 Å². The first kappa shape index (κ1) is 15.2. The highest BCUT2D eigenvalue weighted by molar-refractivity contribution is 9.10. The van der Waals surface area contributed by atoms with Crippen LogP contribution >= 0.6 is 15.9 Å². The van der Waals surface area contributed by atoms with Crippen LogP contribution in [0, 0.1) is 17.0 Å². The van der Waals surface area contributed by atoms with Crippen LogP contribution in [0.1, 0.15) is 21.5 Å². The number of rotatable bonds is 4. The van der Waals surface area contributed by atoms with Gasteiger partial charge in [0.05, 0.1) is 15.0 Å². The van der Waals surface area contributed by atoms with E-state index in [1.807, 2.05) is 31.2 Å². The highest BCUT2D eigenvalue weighted by Crippen LogP contribution is 2.26. The molecule has 0 aliphatic heterocycles. The van der Waals surface area contributed by atoms with E-state index in [0.717, 1.165) is 11.1 Å². The number of hydrogen-bond acceptors (Lipinski definition) is 4. The summed E-state index contributed by atoms with van der Waals surface area (Å²) in [7, 11) is 0. The van der Waals surface area contributed by atoms with Crippen LogP contribution in [0.4, 0.5) is 5.69 Å². The number of carbonyl (C=O) groups is 1. The molecule has 0 saturated carbocycles. The summed E-state index contributed by atoms with van der Waals surface area (Å²) in [4.78, 5) is 22.2. The lowest BCUT2D eigenvalue weighted by atomic mass is 10.1. The summed E-state index contributed by atoms with van der Waals surface area (Å²) in [6.07, 6.45) is 0. The van der Waals surface area contributed by atoms with Crippen molar-refractivity contribution in [3.05, 3.63) is 73.7 Å². The molecule has 0 bridgehead atoms. The molecule has 0 heterocycles. The summed E-state index contributed by atoms with van der Waals surface area (Å²) in [5, 5.41) is 10.8. The van der Waals surface area contributed by atoms with Crippen molar-refractivity contribution in [2.75, 3.05) is 0 Å². The lowest BCUT2D eigenvalue weighted by molar-refractivity contribution is -0.385. The molecular formula is C15H12BrNO4. The Kier molecular flexibility index (Phi) is 4.70. The van der Waals surface area contributed by atoms with Crippen molar-refractivity contribution in [3.8, 4) is 0 Å². The van der Waals surface area contributed by atoms with Gasteiger partial charge < -0.3 is 4.74 Å². The van der Waals surface area contributed by atoms with Gasteiger partial charge in [-0.15, -0.1) is 0 Å². The van der Waals surface area contributed by atoms with Gasteiger partial charge in [-0.1, -0.05) is 29.8 Å². The molecule has 5 nitrogen and oxygen atoms in total. The lowest BCUT2D eigenvalue weighted by Gasteiger charge is -2.06. The van der Waals surface area contributed by atoms with Crippen LogP contribution in [0.2, 0.25) is 0 Å². The Morgan fingerprint density at radius 2 is 1.90 bits per heavy atom. The average Bonchev–Trinajstić information content (AvgIpc) is 2.46. The summed E-state index contributed by atoms with van der Waals surface area (Å²) in [6.45, 7) is 2.10. The molecule has 108 valence electrons. The van der Waals surface area contributed by atoms with Crippen LogP contribution in [0.15, 0.2) is 46.9 Å². The van der Waals surface area contributed by atoms with Crippen LogP contribution in [0.3, 0.4) is 0 Å². The van der Waals surface area contributed by atoms with Gasteiger partial charge in [0.15, 0.2) is 0 Å². The minimum atomic E-state index is -0.592. The number of esters is 1. The second-order valence-corrected chi connectivity index (χ2v) is 5.34. The zero-order chi connectivity index (χ0) is 15.4. The lowest BCUT2D eigenvalue weighted by Crippen LogP contribution is -2.06. The molecule has 0 unspecified atom stereocenters.